The molecule has 0 radical (unpaired) electrons. The molecule has 0 aliphatic carbocycles. The van der Waals surface area contributed by atoms with Crippen LogP contribution in [0.4, 0.5) is 17.6 Å². The maximum absolute atomic E-state index is 12.8. The number of nitrogens with zero attached hydrogens (tertiary/aromatic N) is 1. The van der Waals surface area contributed by atoms with E-state index < -0.39 is 24.6 Å². The Morgan fingerprint density at radius 3 is 2.52 bits per heavy atom. The lowest BCUT2D eigenvalue weighted by Crippen LogP contribution is -2.26. The number of carbonyl (C=O) groups excluding carboxylic acids is 1. The van der Waals surface area contributed by atoms with E-state index in [0.717, 1.165) is 11.8 Å². The number of hydrogen-bond donors (Lipinski definition) is 1. The van der Waals surface area contributed by atoms with E-state index in [4.69, 9.17) is 11.6 Å². The molecule has 1 aromatic carbocycles. The van der Waals surface area contributed by atoms with E-state index in [2.05, 4.69) is 15.0 Å². The Morgan fingerprint density at radius 1 is 1.24 bits per heavy atom. The third-order valence-electron chi connectivity index (χ3n) is 3.05. The summed E-state index contributed by atoms with van der Waals surface area (Å²) in [6, 6.07) is 7.02. The van der Waals surface area contributed by atoms with E-state index in [-0.39, 0.29) is 22.9 Å². The normalized spacial score (nSPS) is 11.2. The Bertz CT molecular complexity index is 736. The van der Waals surface area contributed by atoms with Crippen LogP contribution in [-0.4, -0.2) is 30.2 Å². The fourth-order valence-electron chi connectivity index (χ4n) is 1.88. The number of pyridine rings is 1. The number of carbonyl (C=O) groups is 1. The van der Waals surface area contributed by atoms with Crippen LogP contribution in [0.2, 0.25) is 5.02 Å². The Kier molecular flexibility index (Phi) is 6.19. The number of rotatable bonds is 6. The molecule has 0 fully saturated rings. The van der Waals surface area contributed by atoms with E-state index in [0.29, 0.717) is 6.42 Å². The molecule has 25 heavy (non-hydrogen) atoms. The summed E-state index contributed by atoms with van der Waals surface area (Å²) in [6.45, 7) is -1.24. The van der Waals surface area contributed by atoms with Crippen LogP contribution in [0, 0.1) is 5.82 Å². The molecular weight excluding hydrogens is 364 g/mol. The van der Waals surface area contributed by atoms with Crippen LogP contribution in [-0.2, 0) is 6.42 Å². The summed E-state index contributed by atoms with van der Waals surface area (Å²) in [5.74, 6) is -1.23. The first-order valence-corrected chi connectivity index (χ1v) is 7.50. The topological polar surface area (TPSA) is 51.2 Å². The van der Waals surface area contributed by atoms with Crippen LogP contribution >= 0.6 is 11.6 Å². The average Bonchev–Trinajstić information content (AvgIpc) is 2.54. The number of benzene rings is 1. The van der Waals surface area contributed by atoms with Crippen LogP contribution < -0.4 is 10.1 Å². The van der Waals surface area contributed by atoms with Crippen molar-refractivity contribution in [1.29, 1.82) is 0 Å². The second-order valence-electron chi connectivity index (χ2n) is 5.05. The zero-order chi connectivity index (χ0) is 18.4. The number of hydrogen-bond acceptors (Lipinski definition) is 3. The smallest absolute Gasteiger partial charge is 0.422 e. The van der Waals surface area contributed by atoms with Gasteiger partial charge in [0, 0.05) is 12.7 Å². The summed E-state index contributed by atoms with van der Waals surface area (Å²) in [5, 5.41) is 2.41. The van der Waals surface area contributed by atoms with Gasteiger partial charge in [0.15, 0.2) is 6.61 Å². The Labute approximate surface area is 145 Å². The zero-order valence-electron chi connectivity index (χ0n) is 12.7. The summed E-state index contributed by atoms with van der Waals surface area (Å²) < 4.78 is 53.5. The van der Waals surface area contributed by atoms with Crippen molar-refractivity contribution in [3.63, 3.8) is 0 Å². The molecule has 1 heterocycles. The SMILES string of the molecule is O=C(NCCc1ccc(F)cc1)c1cnc(OCC(F)(F)F)c(Cl)c1. The first kappa shape index (κ1) is 19.0. The summed E-state index contributed by atoms with van der Waals surface area (Å²) in [5.41, 5.74) is 0.928. The molecule has 134 valence electrons. The maximum Gasteiger partial charge on any atom is 0.422 e. The fourth-order valence-corrected chi connectivity index (χ4v) is 2.10. The molecule has 1 aromatic heterocycles. The monoisotopic (exact) mass is 376 g/mol. The zero-order valence-corrected chi connectivity index (χ0v) is 13.5. The van der Waals surface area contributed by atoms with Crippen molar-refractivity contribution in [2.24, 2.45) is 0 Å². The number of aromatic nitrogens is 1. The lowest BCUT2D eigenvalue weighted by Gasteiger charge is -2.10. The number of amides is 1. The predicted molar refractivity (Wildman–Crippen MR) is 83.2 cm³/mol. The molecule has 4 nitrogen and oxygen atoms in total. The molecule has 0 unspecified atom stereocenters. The minimum atomic E-state index is -4.51. The van der Waals surface area contributed by atoms with E-state index in [9.17, 15) is 22.4 Å². The van der Waals surface area contributed by atoms with Crippen molar-refractivity contribution in [2.75, 3.05) is 13.2 Å². The number of nitrogens with one attached hydrogen (secondary N) is 1. The number of ether oxygens (including phenoxy) is 1. The van der Waals surface area contributed by atoms with Crippen molar-refractivity contribution in [2.45, 2.75) is 12.6 Å². The molecule has 0 saturated heterocycles. The van der Waals surface area contributed by atoms with Crippen molar-refractivity contribution < 1.29 is 27.1 Å². The van der Waals surface area contributed by atoms with Gasteiger partial charge in [-0.15, -0.1) is 0 Å². The Hall–Kier alpha value is -2.35. The number of alkyl halides is 3. The third-order valence-corrected chi connectivity index (χ3v) is 3.33. The van der Waals surface area contributed by atoms with E-state index in [1.54, 1.807) is 12.1 Å². The van der Waals surface area contributed by atoms with Gasteiger partial charge >= 0.3 is 6.18 Å². The van der Waals surface area contributed by atoms with Crippen LogP contribution in [0.25, 0.3) is 0 Å². The first-order chi connectivity index (χ1) is 11.7. The van der Waals surface area contributed by atoms with Crippen molar-refractivity contribution in [3.8, 4) is 5.88 Å². The number of halogens is 5. The molecule has 1 amide bonds. The summed E-state index contributed by atoms with van der Waals surface area (Å²) in [6.07, 6.45) is -2.95. The van der Waals surface area contributed by atoms with Crippen molar-refractivity contribution >= 4 is 17.5 Å². The van der Waals surface area contributed by atoms with Gasteiger partial charge in [-0.05, 0) is 30.2 Å². The fraction of sp³-hybridized carbons (Fsp3) is 0.250. The van der Waals surface area contributed by atoms with Crippen LogP contribution in [0.5, 0.6) is 5.88 Å². The molecule has 2 rings (SSSR count). The third kappa shape index (κ3) is 6.22. The second-order valence-corrected chi connectivity index (χ2v) is 5.45. The minimum absolute atomic E-state index is 0.0865. The summed E-state index contributed by atoms with van der Waals surface area (Å²) in [7, 11) is 0. The van der Waals surface area contributed by atoms with E-state index in [1.165, 1.54) is 18.2 Å². The van der Waals surface area contributed by atoms with Crippen LogP contribution in [0.3, 0.4) is 0 Å². The molecule has 1 N–H and O–H groups in total. The van der Waals surface area contributed by atoms with E-state index >= 15 is 0 Å². The van der Waals surface area contributed by atoms with Gasteiger partial charge in [0.2, 0.25) is 5.88 Å². The highest BCUT2D eigenvalue weighted by molar-refractivity contribution is 6.32. The van der Waals surface area contributed by atoms with Crippen molar-refractivity contribution in [1.82, 2.24) is 10.3 Å². The van der Waals surface area contributed by atoms with Gasteiger partial charge in [0.05, 0.1) is 5.56 Å². The lowest BCUT2D eigenvalue weighted by molar-refractivity contribution is -0.154. The largest absolute Gasteiger partial charge is 0.467 e. The van der Waals surface area contributed by atoms with Gasteiger partial charge in [-0.3, -0.25) is 4.79 Å². The predicted octanol–water partition coefficient (Wildman–Crippen LogP) is 3.79. The molecule has 0 aliphatic rings. The molecule has 0 bridgehead atoms. The first-order valence-electron chi connectivity index (χ1n) is 7.12. The highest BCUT2D eigenvalue weighted by atomic mass is 35.5. The van der Waals surface area contributed by atoms with Gasteiger partial charge in [-0.1, -0.05) is 23.7 Å². The average molecular weight is 377 g/mol. The van der Waals surface area contributed by atoms with Gasteiger partial charge in [-0.2, -0.15) is 13.2 Å². The maximum atomic E-state index is 12.8. The van der Waals surface area contributed by atoms with Crippen LogP contribution in [0.15, 0.2) is 36.5 Å². The van der Waals surface area contributed by atoms with Crippen LogP contribution in [0.1, 0.15) is 15.9 Å². The second kappa shape index (κ2) is 8.15. The van der Waals surface area contributed by atoms with Crippen molar-refractivity contribution in [3.05, 3.63) is 58.5 Å². The van der Waals surface area contributed by atoms with Gasteiger partial charge in [0.1, 0.15) is 10.8 Å². The molecule has 0 spiro atoms. The Morgan fingerprint density at radius 2 is 1.92 bits per heavy atom. The summed E-state index contributed by atoms with van der Waals surface area (Å²) >= 11 is 5.78. The van der Waals surface area contributed by atoms with Gasteiger partial charge < -0.3 is 10.1 Å². The van der Waals surface area contributed by atoms with E-state index in [1.807, 2.05) is 0 Å². The highest BCUT2D eigenvalue weighted by Gasteiger charge is 2.29. The van der Waals surface area contributed by atoms with Gasteiger partial charge in [-0.25, -0.2) is 9.37 Å². The lowest BCUT2D eigenvalue weighted by atomic mass is 10.1. The highest BCUT2D eigenvalue weighted by Crippen LogP contribution is 2.24. The summed E-state index contributed by atoms with van der Waals surface area (Å²) in [4.78, 5) is 15.6. The quantitative estimate of drug-likeness (QED) is 0.780. The van der Waals surface area contributed by atoms with Gasteiger partial charge in [0.25, 0.3) is 5.91 Å². The molecule has 0 aliphatic heterocycles. The molecule has 0 saturated carbocycles. The Balaban J connectivity index is 1.88. The minimum Gasteiger partial charge on any atom is -0.467 e. The molecule has 2 aromatic rings. The molecule has 9 heteroatoms. The molecular formula is C16H13ClF4N2O2. The standard InChI is InChI=1S/C16H13ClF4N2O2/c17-13-7-11(8-23-15(13)25-9-16(19,20)21)14(24)22-6-5-10-1-3-12(18)4-2-10/h1-4,7-8H,5-6,9H2,(H,22,24). The molecule has 0 atom stereocenters.